The largest absolute Gasteiger partial charge is 0.477 e. The molecular formula is C16H24N2O. The first-order chi connectivity index (χ1) is 9.40. The van der Waals surface area contributed by atoms with Crippen LogP contribution < -0.4 is 10.1 Å². The molecule has 1 aromatic rings. The van der Waals surface area contributed by atoms with Gasteiger partial charge in [0.25, 0.3) is 0 Å². The summed E-state index contributed by atoms with van der Waals surface area (Å²) in [6.07, 6.45) is 9.41. The topological polar surface area (TPSA) is 34.2 Å². The van der Waals surface area contributed by atoms with Crippen molar-refractivity contribution in [3.05, 3.63) is 23.9 Å². The van der Waals surface area contributed by atoms with Crippen molar-refractivity contribution in [3.63, 3.8) is 0 Å². The summed E-state index contributed by atoms with van der Waals surface area (Å²) in [5.74, 6) is 1.53. The molecule has 19 heavy (non-hydrogen) atoms. The third kappa shape index (κ3) is 4.20. The number of aromatic nitrogens is 1. The first kappa shape index (κ1) is 12.9. The highest BCUT2D eigenvalue weighted by Crippen LogP contribution is 2.24. The quantitative estimate of drug-likeness (QED) is 0.852. The lowest BCUT2D eigenvalue weighted by molar-refractivity contribution is 0.202. The van der Waals surface area contributed by atoms with Gasteiger partial charge >= 0.3 is 0 Å². The maximum Gasteiger partial charge on any atom is 0.213 e. The van der Waals surface area contributed by atoms with Crippen LogP contribution in [0.5, 0.6) is 5.88 Å². The van der Waals surface area contributed by atoms with Gasteiger partial charge < -0.3 is 10.1 Å². The lowest BCUT2D eigenvalue weighted by Crippen LogP contribution is -2.17. The van der Waals surface area contributed by atoms with E-state index in [9.17, 15) is 0 Å². The molecule has 2 aliphatic rings. The van der Waals surface area contributed by atoms with Gasteiger partial charge in [-0.25, -0.2) is 4.98 Å². The van der Waals surface area contributed by atoms with E-state index in [-0.39, 0.29) is 0 Å². The summed E-state index contributed by atoms with van der Waals surface area (Å²) in [4.78, 5) is 4.57. The molecule has 3 nitrogen and oxygen atoms in total. The fourth-order valence-corrected chi connectivity index (χ4v) is 2.73. The first-order valence-electron chi connectivity index (χ1n) is 7.72. The highest BCUT2D eigenvalue weighted by Gasteiger charge is 2.20. The second-order valence-corrected chi connectivity index (χ2v) is 5.94. The van der Waals surface area contributed by atoms with E-state index in [2.05, 4.69) is 16.4 Å². The number of ether oxygens (including phenoxy) is 1. The molecule has 1 N–H and O–H groups in total. The smallest absolute Gasteiger partial charge is 0.213 e. The second kappa shape index (κ2) is 6.38. The standard InChI is InChI=1S/C16H24N2O/c1-2-5-13(6-3-1)12-19-16-8-4-7-15(18-16)11-17-14-9-10-14/h4,7-8,13-14,17H,1-3,5-6,9-12H2. The maximum atomic E-state index is 5.87. The van der Waals surface area contributed by atoms with Crippen LogP contribution in [0.15, 0.2) is 18.2 Å². The number of nitrogens with one attached hydrogen (secondary N) is 1. The SMILES string of the molecule is c1cc(CNC2CC2)nc(OCC2CCCCC2)c1. The number of hydrogen-bond acceptors (Lipinski definition) is 3. The van der Waals surface area contributed by atoms with E-state index in [1.165, 1.54) is 44.9 Å². The van der Waals surface area contributed by atoms with Gasteiger partial charge in [0, 0.05) is 18.7 Å². The van der Waals surface area contributed by atoms with Crippen molar-refractivity contribution in [2.75, 3.05) is 6.61 Å². The Kier molecular flexibility index (Phi) is 4.34. The number of hydrogen-bond donors (Lipinski definition) is 1. The minimum Gasteiger partial charge on any atom is -0.477 e. The molecule has 0 amide bonds. The minimum atomic E-state index is 0.730. The minimum absolute atomic E-state index is 0.730. The van der Waals surface area contributed by atoms with Crippen LogP contribution >= 0.6 is 0 Å². The van der Waals surface area contributed by atoms with Crippen LogP contribution in [0.2, 0.25) is 0 Å². The van der Waals surface area contributed by atoms with Crippen molar-refractivity contribution in [2.24, 2.45) is 5.92 Å². The van der Waals surface area contributed by atoms with Crippen molar-refractivity contribution in [2.45, 2.75) is 57.5 Å². The van der Waals surface area contributed by atoms with Gasteiger partial charge in [-0.15, -0.1) is 0 Å². The molecule has 2 fully saturated rings. The first-order valence-corrected chi connectivity index (χ1v) is 7.72. The Hall–Kier alpha value is -1.09. The van der Waals surface area contributed by atoms with E-state index in [4.69, 9.17) is 4.74 Å². The average molecular weight is 260 g/mol. The number of nitrogens with zero attached hydrogens (tertiary/aromatic N) is 1. The summed E-state index contributed by atoms with van der Waals surface area (Å²) in [6.45, 7) is 1.71. The predicted octanol–water partition coefficient (Wildman–Crippen LogP) is 3.29. The maximum absolute atomic E-state index is 5.87. The zero-order valence-corrected chi connectivity index (χ0v) is 11.6. The Balaban J connectivity index is 1.47. The van der Waals surface area contributed by atoms with Gasteiger partial charge in [0.2, 0.25) is 5.88 Å². The van der Waals surface area contributed by atoms with Gasteiger partial charge in [-0.2, -0.15) is 0 Å². The predicted molar refractivity (Wildman–Crippen MR) is 76.2 cm³/mol. The van der Waals surface area contributed by atoms with E-state index in [0.717, 1.165) is 36.7 Å². The van der Waals surface area contributed by atoms with Crippen molar-refractivity contribution in [3.8, 4) is 5.88 Å². The zero-order valence-electron chi connectivity index (χ0n) is 11.6. The summed E-state index contributed by atoms with van der Waals surface area (Å²) in [5.41, 5.74) is 1.09. The molecule has 1 aromatic heterocycles. The molecule has 0 aromatic carbocycles. The Morgan fingerprint density at radius 1 is 1.11 bits per heavy atom. The van der Waals surface area contributed by atoms with Crippen LogP contribution in [-0.4, -0.2) is 17.6 Å². The van der Waals surface area contributed by atoms with Gasteiger partial charge in [-0.1, -0.05) is 25.3 Å². The molecule has 3 heteroatoms. The van der Waals surface area contributed by atoms with Gasteiger partial charge in [0.05, 0.1) is 12.3 Å². The van der Waals surface area contributed by atoms with Crippen LogP contribution in [0.3, 0.4) is 0 Å². The lowest BCUT2D eigenvalue weighted by Gasteiger charge is -2.21. The molecule has 2 aliphatic carbocycles. The van der Waals surface area contributed by atoms with E-state index in [0.29, 0.717) is 0 Å². The van der Waals surface area contributed by atoms with E-state index in [1.807, 2.05) is 12.1 Å². The van der Waals surface area contributed by atoms with Crippen LogP contribution in [0.4, 0.5) is 0 Å². The third-order valence-electron chi connectivity index (χ3n) is 4.12. The van der Waals surface area contributed by atoms with Crippen molar-refractivity contribution < 1.29 is 4.74 Å². The molecule has 2 saturated carbocycles. The van der Waals surface area contributed by atoms with Crippen LogP contribution in [0.25, 0.3) is 0 Å². The van der Waals surface area contributed by atoms with Gasteiger partial charge in [-0.3, -0.25) is 0 Å². The van der Waals surface area contributed by atoms with Crippen molar-refractivity contribution in [1.82, 2.24) is 10.3 Å². The molecular weight excluding hydrogens is 236 g/mol. The van der Waals surface area contributed by atoms with Gasteiger partial charge in [0.15, 0.2) is 0 Å². The molecule has 3 rings (SSSR count). The Morgan fingerprint density at radius 3 is 2.74 bits per heavy atom. The third-order valence-corrected chi connectivity index (χ3v) is 4.12. The average Bonchev–Trinajstić information content (AvgIpc) is 3.29. The van der Waals surface area contributed by atoms with E-state index in [1.54, 1.807) is 0 Å². The molecule has 0 bridgehead atoms. The zero-order chi connectivity index (χ0) is 12.9. The molecule has 0 atom stereocenters. The normalized spacial score (nSPS) is 20.4. The number of pyridine rings is 1. The van der Waals surface area contributed by atoms with Gasteiger partial charge in [-0.05, 0) is 37.7 Å². The van der Waals surface area contributed by atoms with Crippen molar-refractivity contribution >= 4 is 0 Å². The molecule has 104 valence electrons. The second-order valence-electron chi connectivity index (χ2n) is 5.94. The molecule has 0 radical (unpaired) electrons. The van der Waals surface area contributed by atoms with Crippen LogP contribution in [0, 0.1) is 5.92 Å². The lowest BCUT2D eigenvalue weighted by atomic mass is 9.90. The Bertz CT molecular complexity index is 397. The molecule has 0 spiro atoms. The summed E-state index contributed by atoms with van der Waals surface area (Å²) in [6, 6.07) is 6.83. The Morgan fingerprint density at radius 2 is 1.95 bits per heavy atom. The summed E-state index contributed by atoms with van der Waals surface area (Å²) >= 11 is 0. The Labute approximate surface area is 115 Å². The van der Waals surface area contributed by atoms with Crippen LogP contribution in [0.1, 0.15) is 50.6 Å². The molecule has 1 heterocycles. The fraction of sp³-hybridized carbons (Fsp3) is 0.688. The number of rotatable bonds is 6. The summed E-state index contributed by atoms with van der Waals surface area (Å²) in [5, 5.41) is 3.49. The molecule has 0 aliphatic heterocycles. The van der Waals surface area contributed by atoms with Crippen molar-refractivity contribution in [1.29, 1.82) is 0 Å². The highest BCUT2D eigenvalue weighted by molar-refractivity contribution is 5.16. The van der Waals surface area contributed by atoms with Gasteiger partial charge in [0.1, 0.15) is 0 Å². The molecule has 0 saturated heterocycles. The summed E-state index contributed by atoms with van der Waals surface area (Å²) in [7, 11) is 0. The highest BCUT2D eigenvalue weighted by atomic mass is 16.5. The monoisotopic (exact) mass is 260 g/mol. The summed E-state index contributed by atoms with van der Waals surface area (Å²) < 4.78 is 5.87. The van der Waals surface area contributed by atoms with Crippen LogP contribution in [-0.2, 0) is 6.54 Å². The van der Waals surface area contributed by atoms with E-state index < -0.39 is 0 Å². The fourth-order valence-electron chi connectivity index (χ4n) is 2.73. The van der Waals surface area contributed by atoms with E-state index >= 15 is 0 Å². The molecule has 0 unspecified atom stereocenters.